The Hall–Kier alpha value is -3.79. The summed E-state index contributed by atoms with van der Waals surface area (Å²) in [5, 5.41) is 0.0481. The highest BCUT2D eigenvalue weighted by atomic mass is 35.5. The third-order valence-corrected chi connectivity index (χ3v) is 6.46. The molecule has 35 heavy (non-hydrogen) atoms. The van der Waals surface area contributed by atoms with Crippen LogP contribution in [0.3, 0.4) is 0 Å². The third-order valence-electron chi connectivity index (χ3n) is 6.28. The molecule has 0 saturated carbocycles. The van der Waals surface area contributed by atoms with Crippen LogP contribution in [0.25, 0.3) is 11.2 Å². The number of rotatable bonds is 8. The van der Waals surface area contributed by atoms with E-state index in [1.807, 2.05) is 0 Å². The van der Waals surface area contributed by atoms with E-state index >= 15 is 0 Å². The lowest BCUT2D eigenvalue weighted by Gasteiger charge is -2.16. The van der Waals surface area contributed by atoms with Crippen LogP contribution >= 0.6 is 11.6 Å². The second-order valence-corrected chi connectivity index (χ2v) is 8.87. The second kappa shape index (κ2) is 9.10. The molecule has 0 unspecified atom stereocenters. The summed E-state index contributed by atoms with van der Waals surface area (Å²) in [7, 11) is 0. The molecule has 0 atom stereocenters. The molecule has 11 heteroatoms. The van der Waals surface area contributed by atoms with Crippen molar-refractivity contribution in [2.75, 3.05) is 0 Å². The lowest BCUT2D eigenvalue weighted by molar-refractivity contribution is 0.0970. The van der Waals surface area contributed by atoms with Gasteiger partial charge in [-0.2, -0.15) is 4.98 Å². The summed E-state index contributed by atoms with van der Waals surface area (Å²) in [4.78, 5) is 63.1. The van der Waals surface area contributed by atoms with E-state index in [1.165, 1.54) is 10.9 Å². The number of aromatic nitrogens is 6. The largest absolute Gasteiger partial charge is 0.332 e. The number of ketones is 2. The van der Waals surface area contributed by atoms with Crippen molar-refractivity contribution in [2.45, 2.75) is 52.2 Å². The van der Waals surface area contributed by atoms with Crippen LogP contribution in [-0.4, -0.2) is 40.2 Å². The van der Waals surface area contributed by atoms with Crippen molar-refractivity contribution < 1.29 is 9.59 Å². The number of hydrogen-bond acceptors (Lipinski definition) is 6. The van der Waals surface area contributed by atoms with Crippen molar-refractivity contribution in [1.29, 1.82) is 0 Å². The smallest absolute Gasteiger partial charge is 0.327 e. The van der Waals surface area contributed by atoms with Gasteiger partial charge in [-0.25, -0.2) is 9.78 Å². The predicted octanol–water partition coefficient (Wildman–Crippen LogP) is 2.79. The zero-order valence-corrected chi connectivity index (χ0v) is 19.8. The van der Waals surface area contributed by atoms with Gasteiger partial charge in [0.25, 0.3) is 5.56 Å². The Balaban J connectivity index is 1.42. The van der Waals surface area contributed by atoms with E-state index in [2.05, 4.69) is 21.9 Å². The van der Waals surface area contributed by atoms with Gasteiger partial charge in [0.05, 0.1) is 6.33 Å². The van der Waals surface area contributed by atoms with Crippen LogP contribution in [0, 0.1) is 0 Å². The third kappa shape index (κ3) is 3.83. The van der Waals surface area contributed by atoms with Gasteiger partial charge in [0.15, 0.2) is 11.2 Å². The zero-order valence-electron chi connectivity index (χ0n) is 19.1. The molecule has 0 aliphatic heterocycles. The Morgan fingerprint density at radius 2 is 1.63 bits per heavy atom. The molecule has 0 spiro atoms. The van der Waals surface area contributed by atoms with E-state index in [4.69, 9.17) is 11.6 Å². The monoisotopic (exact) mass is 494 g/mol. The topological polar surface area (TPSA) is 125 Å². The number of carbonyl (C=O) groups is 2. The summed E-state index contributed by atoms with van der Waals surface area (Å²) in [6.07, 6.45) is 4.51. The molecule has 3 heterocycles. The Labute approximate surface area is 204 Å². The van der Waals surface area contributed by atoms with Crippen LogP contribution in [-0.2, 0) is 19.6 Å². The molecule has 5 rings (SSSR count). The average molecular weight is 495 g/mol. The first kappa shape index (κ1) is 23.0. The number of carbonyl (C=O) groups excluding carboxylic acids is 2. The molecule has 0 amide bonds. The van der Waals surface area contributed by atoms with E-state index in [9.17, 15) is 19.2 Å². The van der Waals surface area contributed by atoms with Crippen LogP contribution in [0.15, 0.2) is 40.2 Å². The van der Waals surface area contributed by atoms with Crippen molar-refractivity contribution in [1.82, 2.24) is 28.7 Å². The quantitative estimate of drug-likeness (QED) is 0.261. The van der Waals surface area contributed by atoms with Gasteiger partial charge in [-0.3, -0.25) is 23.5 Å². The number of aryl methyl sites for hydroxylation is 2. The second-order valence-electron chi connectivity index (χ2n) is 8.52. The van der Waals surface area contributed by atoms with Crippen LogP contribution in [0.4, 0.5) is 0 Å². The summed E-state index contributed by atoms with van der Waals surface area (Å²) in [5.41, 5.74) is 0.536. The first-order valence-electron chi connectivity index (χ1n) is 11.5. The van der Waals surface area contributed by atoms with Crippen LogP contribution in [0.2, 0.25) is 5.28 Å². The number of nitrogens with one attached hydrogen (secondary N) is 1. The van der Waals surface area contributed by atoms with E-state index in [0.29, 0.717) is 30.6 Å². The highest BCUT2D eigenvalue weighted by molar-refractivity contribution is 6.29. The fourth-order valence-corrected chi connectivity index (χ4v) is 4.72. The molecule has 0 radical (unpaired) electrons. The summed E-state index contributed by atoms with van der Waals surface area (Å²) in [5.74, 6) is -0.557. The fraction of sp³-hybridized carbons (Fsp3) is 0.333. The Morgan fingerprint density at radius 3 is 2.37 bits per heavy atom. The van der Waals surface area contributed by atoms with Crippen LogP contribution in [0.5, 0.6) is 0 Å². The van der Waals surface area contributed by atoms with Gasteiger partial charge < -0.3 is 9.55 Å². The maximum atomic E-state index is 13.2. The highest BCUT2D eigenvalue weighted by Gasteiger charge is 2.33. The van der Waals surface area contributed by atoms with Gasteiger partial charge in [-0.05, 0) is 24.4 Å². The average Bonchev–Trinajstić information content (AvgIpc) is 3.46. The fourth-order valence-electron chi connectivity index (χ4n) is 4.55. The summed E-state index contributed by atoms with van der Waals surface area (Å²) < 4.78 is 4.25. The maximum absolute atomic E-state index is 13.2. The Morgan fingerprint density at radius 1 is 0.914 bits per heavy atom. The van der Waals surface area contributed by atoms with Gasteiger partial charge >= 0.3 is 5.69 Å². The molecule has 0 fully saturated rings. The lowest BCUT2D eigenvalue weighted by atomic mass is 9.90. The number of nitrogens with zero attached hydrogens (tertiary/aromatic N) is 5. The number of fused-ring (bicyclic) bond motifs is 3. The number of halogens is 1. The molecule has 1 aliphatic rings. The minimum absolute atomic E-state index is 0.0481. The Bertz CT molecular complexity index is 1590. The first-order chi connectivity index (χ1) is 16.9. The van der Waals surface area contributed by atoms with E-state index in [1.54, 1.807) is 28.8 Å². The van der Waals surface area contributed by atoms with Gasteiger partial charge in [0.1, 0.15) is 11.4 Å². The number of imidazole rings is 2. The van der Waals surface area contributed by atoms with Gasteiger partial charge in [-0.15, -0.1) is 0 Å². The number of H-pyrrole nitrogens is 1. The van der Waals surface area contributed by atoms with Gasteiger partial charge in [-0.1, -0.05) is 44.0 Å². The number of hydrogen-bond donors (Lipinski definition) is 1. The van der Waals surface area contributed by atoms with Crippen molar-refractivity contribution in [2.24, 2.45) is 0 Å². The lowest BCUT2D eigenvalue weighted by Crippen LogP contribution is -2.40. The Kier molecular flexibility index (Phi) is 5.98. The predicted molar refractivity (Wildman–Crippen MR) is 129 cm³/mol. The molecule has 180 valence electrons. The highest BCUT2D eigenvalue weighted by Crippen LogP contribution is 2.26. The molecule has 0 bridgehead atoms. The standard InChI is InChI=1S/C24H23ClN6O4/c1-2-3-6-11-30-21-17(27-23(25)28-21)22(34)31(24(30)35)12-7-10-29-13-26-16-18(29)20(33)15-9-5-4-8-14(15)19(16)32/h4-5,8-9,13H,2-3,6-7,10-12H2,1H3,(H,27,28). The normalized spacial score (nSPS) is 12.9. The minimum atomic E-state index is -0.496. The molecule has 1 aliphatic carbocycles. The summed E-state index contributed by atoms with van der Waals surface area (Å²) in [6.45, 7) is 2.91. The minimum Gasteiger partial charge on any atom is -0.327 e. The van der Waals surface area contributed by atoms with Crippen molar-refractivity contribution in [3.05, 3.63) is 79.2 Å². The molecular formula is C24H23ClN6O4. The zero-order chi connectivity index (χ0) is 24.7. The van der Waals surface area contributed by atoms with Gasteiger partial charge in [0, 0.05) is 30.8 Å². The number of unbranched alkanes of at least 4 members (excludes halogenated alkanes) is 2. The molecule has 10 nitrogen and oxygen atoms in total. The number of benzene rings is 1. The van der Waals surface area contributed by atoms with E-state index in [0.717, 1.165) is 23.8 Å². The van der Waals surface area contributed by atoms with E-state index in [-0.39, 0.29) is 45.9 Å². The molecule has 3 aromatic heterocycles. The van der Waals surface area contributed by atoms with E-state index < -0.39 is 11.2 Å². The molecule has 1 N–H and O–H groups in total. The molecular weight excluding hydrogens is 472 g/mol. The molecule has 1 aromatic carbocycles. The van der Waals surface area contributed by atoms with Crippen LogP contribution < -0.4 is 11.2 Å². The molecule has 4 aromatic rings. The molecule has 0 saturated heterocycles. The summed E-state index contributed by atoms with van der Waals surface area (Å²) in [6, 6.07) is 6.67. The number of aromatic amines is 1. The van der Waals surface area contributed by atoms with Gasteiger partial charge in [0.2, 0.25) is 16.9 Å². The summed E-state index contributed by atoms with van der Waals surface area (Å²) >= 11 is 5.99. The van der Waals surface area contributed by atoms with Crippen molar-refractivity contribution in [3.63, 3.8) is 0 Å². The van der Waals surface area contributed by atoms with Crippen LogP contribution in [0.1, 0.15) is 64.7 Å². The SMILES string of the molecule is CCCCCn1c(=O)n(CCCn2cnc3c2C(=O)c2ccccc2C3=O)c(=O)c2[nH]c(Cl)nc21. The maximum Gasteiger partial charge on any atom is 0.332 e. The van der Waals surface area contributed by atoms with Crippen molar-refractivity contribution in [3.8, 4) is 0 Å². The first-order valence-corrected chi connectivity index (χ1v) is 11.9. The van der Waals surface area contributed by atoms with Crippen molar-refractivity contribution >= 4 is 34.3 Å².